The molecule has 16 nitrogen and oxygen atoms in total. The molecule has 1 unspecified atom stereocenters. The average Bonchev–Trinajstić information content (AvgIpc) is 3.04. The Morgan fingerprint density at radius 3 is 1.40 bits per heavy atom. The zero-order valence-electron chi connectivity index (χ0n) is 30.3. The van der Waals surface area contributed by atoms with E-state index in [1.165, 1.54) is 35.0 Å². The Balaban J connectivity index is -0.0000000619. The fraction of sp³-hybridized carbons (Fsp3) is 0.724. The van der Waals surface area contributed by atoms with E-state index in [1.54, 1.807) is 21.1 Å². The number of carboxylic acids is 1. The Hall–Kier alpha value is -2.14. The van der Waals surface area contributed by atoms with Crippen molar-refractivity contribution in [3.8, 4) is 0 Å². The van der Waals surface area contributed by atoms with Crippen molar-refractivity contribution in [3.05, 3.63) is 23.8 Å². The van der Waals surface area contributed by atoms with Crippen LogP contribution in [0.4, 0.5) is 13.2 Å². The van der Waals surface area contributed by atoms with Crippen LogP contribution in [0.15, 0.2) is 23.8 Å². The topological polar surface area (TPSA) is 241 Å². The number of rotatable bonds is 18. The van der Waals surface area contributed by atoms with Crippen LogP contribution in [-0.4, -0.2) is 121 Å². The standard InChI is InChI=1S/C8H16FO5P.C7H11FO3.C5H7FO3.C5H12O2.C3H6O.CH4.Li.2H2O/c1-4-12-8(10)7(9)15(11,13-5-2)14-6-3;1-3-11-7(9)6(8)4-5-10-2;1-9-3-2-4(6)5(7)8;1-4-5(6-2)7-3;1-2-3-4;;;;/h7H,4-6H2,1-3H3;4H,3,5H2,1-2H3;2H,3H2,1H3,(H,7,8);5H,4H2,1-3H3;3H,2H2,1H3;1H4;;2*1H2/q;;;;;;+1;;/p-1/b;6-4-;4-2-;;;;;;. The molecule has 0 saturated heterocycles. The molecule has 0 aromatic heterocycles. The molecule has 0 aliphatic heterocycles. The van der Waals surface area contributed by atoms with Crippen molar-refractivity contribution in [1.82, 2.24) is 0 Å². The van der Waals surface area contributed by atoms with Crippen LogP contribution in [0.1, 0.15) is 61.8 Å². The maximum absolute atomic E-state index is 13.4. The van der Waals surface area contributed by atoms with E-state index in [0.29, 0.717) is 6.42 Å². The summed E-state index contributed by atoms with van der Waals surface area (Å²) in [5.41, 5.74) is 0. The molecule has 21 heteroatoms. The van der Waals surface area contributed by atoms with Gasteiger partial charge in [-0.2, -0.15) is 8.78 Å². The van der Waals surface area contributed by atoms with Gasteiger partial charge in [-0.3, -0.25) is 4.57 Å². The minimum atomic E-state index is -4.04. The summed E-state index contributed by atoms with van der Waals surface area (Å²) in [6, 6.07) is 0. The normalized spacial score (nSPS) is 10.6. The van der Waals surface area contributed by atoms with Gasteiger partial charge in [-0.25, -0.2) is 18.8 Å². The summed E-state index contributed by atoms with van der Waals surface area (Å²) in [6.07, 6.45) is 4.29. The van der Waals surface area contributed by atoms with Crippen molar-refractivity contribution in [3.63, 3.8) is 0 Å². The van der Waals surface area contributed by atoms with Gasteiger partial charge >= 0.3 is 44.4 Å². The van der Waals surface area contributed by atoms with Crippen LogP contribution in [0, 0.1) is 0 Å². The monoisotopic (exact) mass is 758 g/mol. The number of esters is 2. The number of hydrogen-bond acceptors (Lipinski definition) is 14. The minimum absolute atomic E-state index is 0. The molecule has 0 aliphatic carbocycles. The van der Waals surface area contributed by atoms with Crippen LogP contribution in [0.5, 0.6) is 0 Å². The molecule has 0 fully saturated rings. The fourth-order valence-electron chi connectivity index (χ4n) is 1.98. The third kappa shape index (κ3) is 45.9. The summed E-state index contributed by atoms with van der Waals surface area (Å²) >= 11 is 0. The second-order valence-electron chi connectivity index (χ2n) is 7.39. The van der Waals surface area contributed by atoms with E-state index >= 15 is 0 Å². The Morgan fingerprint density at radius 2 is 1.16 bits per heavy atom. The van der Waals surface area contributed by atoms with E-state index in [9.17, 15) is 36.9 Å². The molecule has 1 atom stereocenters. The molecule has 0 aliphatic rings. The number of carbonyl (C=O) groups excluding carboxylic acids is 3. The van der Waals surface area contributed by atoms with Gasteiger partial charge in [-0.1, -0.05) is 21.3 Å². The summed E-state index contributed by atoms with van der Waals surface area (Å²) < 4.78 is 86.1. The number of alkyl halides is 1. The second kappa shape index (κ2) is 51.2. The predicted octanol–water partition coefficient (Wildman–Crippen LogP) is 1.98. The molecule has 298 valence electrons. The summed E-state index contributed by atoms with van der Waals surface area (Å²) in [7, 11) is 2.00. The predicted molar refractivity (Wildman–Crippen MR) is 176 cm³/mol. The number of halogens is 3. The molecule has 0 spiro atoms. The van der Waals surface area contributed by atoms with Gasteiger partial charge in [0.1, 0.15) is 6.29 Å². The van der Waals surface area contributed by atoms with Gasteiger partial charge in [0.25, 0.3) is 5.91 Å². The SMILES string of the molecule is C.CCC(OC)OC.CCC=O.CCOC(=O)/C(F)=C/COC.CCOC(=O)C(F)P(=O)(OCC)OCC.COC/C=C(\F)C(=O)O.O.[Li+].[OH-]. The second-order valence-corrected chi connectivity index (χ2v) is 9.44. The summed E-state index contributed by atoms with van der Waals surface area (Å²) in [4.78, 5) is 40.4. The Bertz CT molecular complexity index is 864. The summed E-state index contributed by atoms with van der Waals surface area (Å²) in [5, 5.41) is 7.91. The van der Waals surface area contributed by atoms with Gasteiger partial charge in [-0.05, 0) is 46.3 Å². The first-order valence-corrected chi connectivity index (χ1v) is 15.6. The number of carbonyl (C=O) groups is 4. The Labute approximate surface area is 306 Å². The molecule has 0 bridgehead atoms. The van der Waals surface area contributed by atoms with Crippen molar-refractivity contribution < 1.29 is 109 Å². The van der Waals surface area contributed by atoms with Crippen LogP contribution < -0.4 is 18.9 Å². The van der Waals surface area contributed by atoms with Gasteiger partial charge in [-0.15, -0.1) is 0 Å². The minimum Gasteiger partial charge on any atom is -0.870 e. The molecule has 0 aromatic carbocycles. The van der Waals surface area contributed by atoms with E-state index in [2.05, 4.69) is 28.0 Å². The molecular formula is C29H59F3LiO16P. The first-order chi connectivity index (χ1) is 21.7. The largest absolute Gasteiger partial charge is 1.00 e. The van der Waals surface area contributed by atoms with Crippen LogP contribution in [-0.2, 0) is 61.2 Å². The van der Waals surface area contributed by atoms with Crippen LogP contribution in [0.2, 0.25) is 0 Å². The number of methoxy groups -OCH3 is 4. The van der Waals surface area contributed by atoms with Crippen molar-refractivity contribution in [2.24, 2.45) is 0 Å². The first-order valence-electron chi connectivity index (χ1n) is 14.0. The van der Waals surface area contributed by atoms with Crippen molar-refractivity contribution in [2.45, 2.75) is 74.0 Å². The van der Waals surface area contributed by atoms with Gasteiger partial charge in [0, 0.05) is 34.9 Å². The molecule has 0 rings (SSSR count). The van der Waals surface area contributed by atoms with E-state index in [4.69, 9.17) is 14.6 Å². The molecule has 0 aromatic rings. The van der Waals surface area contributed by atoms with Crippen molar-refractivity contribution >= 4 is 31.8 Å². The fourth-order valence-corrected chi connectivity index (χ4v) is 3.37. The van der Waals surface area contributed by atoms with E-state index in [-0.39, 0.29) is 83.2 Å². The third-order valence-electron chi connectivity index (χ3n) is 3.94. The van der Waals surface area contributed by atoms with Gasteiger partial charge in [0.15, 0.2) is 6.29 Å². The van der Waals surface area contributed by atoms with Gasteiger partial charge in [0.05, 0.1) is 39.6 Å². The van der Waals surface area contributed by atoms with E-state index in [0.717, 1.165) is 24.9 Å². The quantitative estimate of drug-likeness (QED) is 0.0525. The number of aliphatic carboxylic acids is 1. The van der Waals surface area contributed by atoms with Crippen LogP contribution in [0.3, 0.4) is 0 Å². The number of carboxylic acid groups (broad SMARTS) is 1. The smallest absolute Gasteiger partial charge is 0.870 e. The van der Waals surface area contributed by atoms with Crippen LogP contribution in [0.25, 0.3) is 0 Å². The molecule has 0 radical (unpaired) electrons. The molecule has 50 heavy (non-hydrogen) atoms. The number of ether oxygens (including phenoxy) is 6. The average molecular weight is 759 g/mol. The zero-order valence-corrected chi connectivity index (χ0v) is 31.2. The first kappa shape index (κ1) is 69.6. The molecule has 0 heterocycles. The number of hydrogen-bond donors (Lipinski definition) is 1. The summed E-state index contributed by atoms with van der Waals surface area (Å²) in [6.45, 7) is 10.3. The molecule has 0 saturated carbocycles. The Morgan fingerprint density at radius 1 is 0.780 bits per heavy atom. The van der Waals surface area contributed by atoms with Gasteiger partial charge < -0.3 is 58.3 Å². The van der Waals surface area contributed by atoms with Crippen molar-refractivity contribution in [2.75, 3.05) is 68.1 Å². The Kier molecular flexibility index (Phi) is 71.3. The van der Waals surface area contributed by atoms with E-state index in [1.807, 2.05) is 13.8 Å². The van der Waals surface area contributed by atoms with Crippen LogP contribution >= 0.6 is 7.60 Å². The zero-order chi connectivity index (χ0) is 37.0. The third-order valence-corrected chi connectivity index (χ3v) is 5.94. The molecular weight excluding hydrogens is 699 g/mol. The van der Waals surface area contributed by atoms with Gasteiger partial charge in [0.2, 0.25) is 11.7 Å². The molecule has 0 amide bonds. The maximum atomic E-state index is 13.4. The maximum Gasteiger partial charge on any atom is 1.00 e. The van der Waals surface area contributed by atoms with Crippen molar-refractivity contribution in [1.29, 1.82) is 0 Å². The van der Waals surface area contributed by atoms with E-state index < -0.39 is 43.1 Å². The summed E-state index contributed by atoms with van der Waals surface area (Å²) in [5.74, 6) is -8.19. The molecule has 4 N–H and O–H groups in total. The number of aldehydes is 1.